The van der Waals surface area contributed by atoms with Gasteiger partial charge in [-0.25, -0.2) is 8.78 Å². The van der Waals surface area contributed by atoms with Crippen LogP contribution >= 0.6 is 0 Å². The normalized spacial score (nSPS) is 19.3. The lowest BCUT2D eigenvalue weighted by Gasteiger charge is -2.15. The minimum Gasteiger partial charge on any atom is -0.454 e. The van der Waals surface area contributed by atoms with Crippen LogP contribution in [-0.2, 0) is 5.92 Å². The van der Waals surface area contributed by atoms with Crippen molar-refractivity contribution in [3.8, 4) is 11.5 Å². The Labute approximate surface area is 85.8 Å². The van der Waals surface area contributed by atoms with Crippen molar-refractivity contribution in [3.63, 3.8) is 0 Å². The van der Waals surface area contributed by atoms with Crippen LogP contribution in [0.5, 0.6) is 11.5 Å². The largest absolute Gasteiger partial charge is 0.454 e. The van der Waals surface area contributed by atoms with Gasteiger partial charge in [-0.1, -0.05) is 0 Å². The molecule has 0 aromatic heterocycles. The van der Waals surface area contributed by atoms with Crippen molar-refractivity contribution in [2.45, 2.75) is 18.8 Å². The smallest absolute Gasteiger partial charge is 0.276 e. The summed E-state index contributed by atoms with van der Waals surface area (Å²) in [5.74, 6) is -2.24. The second kappa shape index (κ2) is 2.84. The van der Waals surface area contributed by atoms with Crippen LogP contribution in [0.15, 0.2) is 18.2 Å². The Hall–Kier alpha value is -1.32. The third kappa shape index (κ3) is 1.35. The molecule has 1 aromatic carbocycles. The predicted molar refractivity (Wildman–Crippen MR) is 49.2 cm³/mol. The molecule has 3 rings (SSSR count). The van der Waals surface area contributed by atoms with Gasteiger partial charge in [-0.05, 0) is 31.0 Å². The second-order valence-electron chi connectivity index (χ2n) is 3.97. The molecule has 0 N–H and O–H groups in total. The van der Waals surface area contributed by atoms with Crippen molar-refractivity contribution < 1.29 is 18.3 Å². The van der Waals surface area contributed by atoms with Crippen LogP contribution in [0.25, 0.3) is 0 Å². The first-order valence-corrected chi connectivity index (χ1v) is 4.96. The lowest BCUT2D eigenvalue weighted by Crippen LogP contribution is -2.15. The molecule has 0 radical (unpaired) electrons. The Bertz CT molecular complexity index is 400. The Balaban J connectivity index is 1.98. The number of ether oxygens (including phenoxy) is 2. The quantitative estimate of drug-likeness (QED) is 0.750. The molecule has 0 bridgehead atoms. The van der Waals surface area contributed by atoms with Crippen molar-refractivity contribution in [2.75, 3.05) is 6.79 Å². The maximum absolute atomic E-state index is 13.7. The highest BCUT2D eigenvalue weighted by Crippen LogP contribution is 2.51. The van der Waals surface area contributed by atoms with Crippen LogP contribution in [0.2, 0.25) is 0 Å². The highest BCUT2D eigenvalue weighted by molar-refractivity contribution is 5.45. The first kappa shape index (κ1) is 8.95. The summed E-state index contributed by atoms with van der Waals surface area (Å²) in [7, 11) is 0. The molecule has 15 heavy (non-hydrogen) atoms. The molecule has 0 atom stereocenters. The van der Waals surface area contributed by atoms with Crippen molar-refractivity contribution in [1.82, 2.24) is 0 Å². The fourth-order valence-electron chi connectivity index (χ4n) is 1.79. The Morgan fingerprint density at radius 3 is 2.60 bits per heavy atom. The molecule has 0 saturated heterocycles. The maximum atomic E-state index is 13.7. The van der Waals surface area contributed by atoms with E-state index in [9.17, 15) is 8.78 Å². The van der Waals surface area contributed by atoms with Crippen LogP contribution in [-0.4, -0.2) is 6.79 Å². The van der Waals surface area contributed by atoms with Crippen LogP contribution in [0, 0.1) is 5.92 Å². The molecule has 0 unspecified atom stereocenters. The van der Waals surface area contributed by atoms with Crippen LogP contribution in [0.3, 0.4) is 0 Å². The van der Waals surface area contributed by atoms with Gasteiger partial charge in [0.1, 0.15) is 0 Å². The molecule has 1 fully saturated rings. The molecule has 1 heterocycles. The Kier molecular flexibility index (Phi) is 1.69. The van der Waals surface area contributed by atoms with Gasteiger partial charge in [-0.3, -0.25) is 0 Å². The summed E-state index contributed by atoms with van der Waals surface area (Å²) in [6.45, 7) is 0.119. The number of benzene rings is 1. The molecule has 4 heteroatoms. The van der Waals surface area contributed by atoms with E-state index in [2.05, 4.69) is 0 Å². The Morgan fingerprint density at radius 1 is 1.13 bits per heavy atom. The van der Waals surface area contributed by atoms with E-state index in [1.165, 1.54) is 12.1 Å². The van der Waals surface area contributed by atoms with Gasteiger partial charge in [0.2, 0.25) is 6.79 Å². The van der Waals surface area contributed by atoms with Gasteiger partial charge in [0.25, 0.3) is 5.92 Å². The van der Waals surface area contributed by atoms with Gasteiger partial charge in [-0.2, -0.15) is 0 Å². The third-order valence-corrected chi connectivity index (χ3v) is 2.85. The zero-order valence-electron chi connectivity index (χ0n) is 8.00. The monoisotopic (exact) mass is 212 g/mol. The molecule has 1 aliphatic carbocycles. The molecule has 0 spiro atoms. The zero-order chi connectivity index (χ0) is 10.5. The average Bonchev–Trinajstić information content (AvgIpc) is 2.97. The number of fused-ring (bicyclic) bond motifs is 1. The summed E-state index contributed by atoms with van der Waals surface area (Å²) in [4.78, 5) is 0. The van der Waals surface area contributed by atoms with Gasteiger partial charge in [-0.15, -0.1) is 0 Å². The standard InChI is InChI=1S/C11H10F2O2/c12-11(13,7-1-2-7)8-3-4-9-10(5-8)15-6-14-9/h3-5,7H,1-2,6H2. The fraction of sp³-hybridized carbons (Fsp3) is 0.455. The third-order valence-electron chi connectivity index (χ3n) is 2.85. The number of hydrogen-bond donors (Lipinski definition) is 0. The lowest BCUT2D eigenvalue weighted by molar-refractivity contribution is -0.0286. The summed E-state index contributed by atoms with van der Waals surface area (Å²) in [6, 6.07) is 4.36. The van der Waals surface area contributed by atoms with E-state index in [0.29, 0.717) is 24.3 Å². The molecular formula is C11H10F2O2. The van der Waals surface area contributed by atoms with E-state index < -0.39 is 11.8 Å². The van der Waals surface area contributed by atoms with Crippen LogP contribution in [0.1, 0.15) is 18.4 Å². The molecule has 1 saturated carbocycles. The van der Waals surface area contributed by atoms with Gasteiger partial charge in [0.15, 0.2) is 11.5 Å². The molecule has 1 aromatic rings. The van der Waals surface area contributed by atoms with Crippen LogP contribution < -0.4 is 9.47 Å². The molecule has 2 nitrogen and oxygen atoms in total. The summed E-state index contributed by atoms with van der Waals surface area (Å²) >= 11 is 0. The van der Waals surface area contributed by atoms with Crippen molar-refractivity contribution >= 4 is 0 Å². The van der Waals surface area contributed by atoms with Gasteiger partial charge >= 0.3 is 0 Å². The summed E-state index contributed by atoms with van der Waals surface area (Å²) in [5.41, 5.74) is 0.0363. The maximum Gasteiger partial charge on any atom is 0.276 e. The van der Waals surface area contributed by atoms with E-state index in [1.807, 2.05) is 0 Å². The second-order valence-corrected chi connectivity index (χ2v) is 3.97. The average molecular weight is 212 g/mol. The van der Waals surface area contributed by atoms with Gasteiger partial charge in [0, 0.05) is 11.5 Å². The summed E-state index contributed by atoms with van der Waals surface area (Å²) < 4.78 is 37.6. The molecule has 2 aliphatic rings. The van der Waals surface area contributed by atoms with E-state index in [1.54, 1.807) is 6.07 Å². The highest BCUT2D eigenvalue weighted by atomic mass is 19.3. The lowest BCUT2D eigenvalue weighted by atomic mass is 10.0. The minimum absolute atomic E-state index is 0.0363. The molecule has 80 valence electrons. The number of rotatable bonds is 2. The predicted octanol–water partition coefficient (Wildman–Crippen LogP) is 2.92. The number of halogens is 2. The Morgan fingerprint density at radius 2 is 1.87 bits per heavy atom. The highest BCUT2D eigenvalue weighted by Gasteiger charge is 2.48. The van der Waals surface area contributed by atoms with Crippen LogP contribution in [0.4, 0.5) is 8.78 Å². The topological polar surface area (TPSA) is 18.5 Å². The minimum atomic E-state index is -2.72. The SMILES string of the molecule is FC(F)(c1ccc2c(c1)OCO2)C1CC1. The van der Waals surface area contributed by atoms with Crippen molar-refractivity contribution in [2.24, 2.45) is 5.92 Å². The summed E-state index contributed by atoms with van der Waals surface area (Å²) in [5, 5.41) is 0. The van der Waals surface area contributed by atoms with E-state index >= 15 is 0 Å². The zero-order valence-corrected chi connectivity index (χ0v) is 8.00. The van der Waals surface area contributed by atoms with E-state index in [0.717, 1.165) is 0 Å². The number of hydrogen-bond acceptors (Lipinski definition) is 2. The van der Waals surface area contributed by atoms with Gasteiger partial charge in [0.05, 0.1) is 0 Å². The van der Waals surface area contributed by atoms with E-state index in [-0.39, 0.29) is 12.4 Å². The van der Waals surface area contributed by atoms with Crippen molar-refractivity contribution in [3.05, 3.63) is 23.8 Å². The summed E-state index contributed by atoms with van der Waals surface area (Å²) in [6.07, 6.45) is 1.23. The molecular weight excluding hydrogens is 202 g/mol. The van der Waals surface area contributed by atoms with E-state index in [4.69, 9.17) is 9.47 Å². The molecule has 1 aliphatic heterocycles. The van der Waals surface area contributed by atoms with Gasteiger partial charge < -0.3 is 9.47 Å². The number of alkyl halides is 2. The van der Waals surface area contributed by atoms with Crippen molar-refractivity contribution in [1.29, 1.82) is 0 Å². The first-order chi connectivity index (χ1) is 7.18. The first-order valence-electron chi connectivity index (χ1n) is 4.96. The fourth-order valence-corrected chi connectivity index (χ4v) is 1.79. The molecule has 0 amide bonds.